The quantitative estimate of drug-likeness (QED) is 0.755. The van der Waals surface area contributed by atoms with Gasteiger partial charge in [0.2, 0.25) is 0 Å². The SMILES string of the molecule is CC1(C)COCCN1c1ccc(F)cc1CCl. The fourth-order valence-electron chi connectivity index (χ4n) is 2.23. The fourth-order valence-corrected chi connectivity index (χ4v) is 2.44. The first-order chi connectivity index (χ1) is 8.04. The summed E-state index contributed by atoms with van der Waals surface area (Å²) in [6, 6.07) is 4.80. The van der Waals surface area contributed by atoms with Crippen LogP contribution in [0.15, 0.2) is 18.2 Å². The van der Waals surface area contributed by atoms with Gasteiger partial charge in [0.15, 0.2) is 0 Å². The van der Waals surface area contributed by atoms with Crippen molar-refractivity contribution in [1.82, 2.24) is 0 Å². The van der Waals surface area contributed by atoms with E-state index in [4.69, 9.17) is 16.3 Å². The van der Waals surface area contributed by atoms with Gasteiger partial charge >= 0.3 is 0 Å². The molecule has 1 fully saturated rings. The molecule has 2 nitrogen and oxygen atoms in total. The number of hydrogen-bond acceptors (Lipinski definition) is 2. The van der Waals surface area contributed by atoms with Crippen LogP contribution in [0.2, 0.25) is 0 Å². The number of morpholine rings is 1. The van der Waals surface area contributed by atoms with E-state index in [0.29, 0.717) is 19.1 Å². The van der Waals surface area contributed by atoms with Crippen LogP contribution in [0.3, 0.4) is 0 Å². The number of benzene rings is 1. The van der Waals surface area contributed by atoms with Crippen LogP contribution in [0, 0.1) is 5.82 Å². The highest BCUT2D eigenvalue weighted by Gasteiger charge is 2.31. The largest absolute Gasteiger partial charge is 0.377 e. The van der Waals surface area contributed by atoms with Crippen molar-refractivity contribution >= 4 is 17.3 Å². The molecule has 1 heterocycles. The highest BCUT2D eigenvalue weighted by atomic mass is 35.5. The summed E-state index contributed by atoms with van der Waals surface area (Å²) < 4.78 is 18.7. The van der Waals surface area contributed by atoms with Gasteiger partial charge in [-0.25, -0.2) is 4.39 Å². The molecule has 4 heteroatoms. The number of ether oxygens (including phenoxy) is 1. The molecule has 94 valence electrons. The summed E-state index contributed by atoms with van der Waals surface area (Å²) in [6.07, 6.45) is 0. The number of anilines is 1. The van der Waals surface area contributed by atoms with Crippen molar-refractivity contribution in [2.24, 2.45) is 0 Å². The first kappa shape index (κ1) is 12.7. The Kier molecular flexibility index (Phi) is 3.59. The summed E-state index contributed by atoms with van der Waals surface area (Å²) in [7, 11) is 0. The van der Waals surface area contributed by atoms with Crippen LogP contribution in [0.25, 0.3) is 0 Å². The Labute approximate surface area is 106 Å². The van der Waals surface area contributed by atoms with E-state index >= 15 is 0 Å². The lowest BCUT2D eigenvalue weighted by Gasteiger charge is -2.44. The Hall–Kier alpha value is -0.800. The lowest BCUT2D eigenvalue weighted by molar-refractivity contribution is 0.0643. The number of nitrogens with zero attached hydrogens (tertiary/aromatic N) is 1. The first-order valence-corrected chi connectivity index (χ1v) is 6.28. The van der Waals surface area contributed by atoms with Crippen molar-refractivity contribution in [2.45, 2.75) is 25.3 Å². The minimum absolute atomic E-state index is 0.0864. The molecule has 0 aromatic heterocycles. The van der Waals surface area contributed by atoms with Crippen LogP contribution in [-0.4, -0.2) is 25.3 Å². The molecule has 0 aliphatic carbocycles. The molecule has 0 radical (unpaired) electrons. The van der Waals surface area contributed by atoms with E-state index in [1.54, 1.807) is 6.07 Å². The highest BCUT2D eigenvalue weighted by Crippen LogP contribution is 2.31. The highest BCUT2D eigenvalue weighted by molar-refractivity contribution is 6.17. The molecule has 0 N–H and O–H groups in total. The average Bonchev–Trinajstić information content (AvgIpc) is 2.29. The van der Waals surface area contributed by atoms with Crippen molar-refractivity contribution in [3.8, 4) is 0 Å². The molecule has 0 saturated carbocycles. The van der Waals surface area contributed by atoms with Crippen molar-refractivity contribution in [3.63, 3.8) is 0 Å². The van der Waals surface area contributed by atoms with E-state index in [-0.39, 0.29) is 11.4 Å². The number of rotatable bonds is 2. The standard InChI is InChI=1S/C13H17ClFNO/c1-13(2)9-17-6-5-16(13)12-4-3-11(15)7-10(12)8-14/h3-4,7H,5-6,8-9H2,1-2H3. The Balaban J connectivity index is 2.38. The zero-order valence-electron chi connectivity index (χ0n) is 10.2. The second kappa shape index (κ2) is 4.83. The summed E-state index contributed by atoms with van der Waals surface area (Å²) in [5.74, 6) is 0.0797. The first-order valence-electron chi connectivity index (χ1n) is 5.74. The van der Waals surface area contributed by atoms with Gasteiger partial charge in [0.05, 0.1) is 18.8 Å². The summed E-state index contributed by atoms with van der Waals surface area (Å²) in [5.41, 5.74) is 1.76. The van der Waals surface area contributed by atoms with Crippen LogP contribution in [-0.2, 0) is 10.6 Å². The van der Waals surface area contributed by atoms with E-state index in [1.165, 1.54) is 12.1 Å². The zero-order chi connectivity index (χ0) is 12.5. The number of alkyl halides is 1. The molecular weight excluding hydrogens is 241 g/mol. The van der Waals surface area contributed by atoms with E-state index in [0.717, 1.165) is 17.8 Å². The predicted molar refractivity (Wildman–Crippen MR) is 68.2 cm³/mol. The normalized spacial score (nSPS) is 19.4. The van der Waals surface area contributed by atoms with Crippen LogP contribution >= 0.6 is 11.6 Å². The summed E-state index contributed by atoms with van der Waals surface area (Å²) in [6.45, 7) is 6.41. The average molecular weight is 258 g/mol. The molecular formula is C13H17ClFNO. The van der Waals surface area contributed by atoms with E-state index in [2.05, 4.69) is 18.7 Å². The molecule has 17 heavy (non-hydrogen) atoms. The third-order valence-electron chi connectivity index (χ3n) is 3.12. The van der Waals surface area contributed by atoms with Crippen LogP contribution in [0.1, 0.15) is 19.4 Å². The molecule has 0 atom stereocenters. The van der Waals surface area contributed by atoms with Crippen LogP contribution in [0.5, 0.6) is 0 Å². The lowest BCUT2D eigenvalue weighted by atomic mass is 10.00. The maximum absolute atomic E-state index is 13.2. The van der Waals surface area contributed by atoms with Gasteiger partial charge < -0.3 is 9.64 Å². The monoisotopic (exact) mass is 257 g/mol. The van der Waals surface area contributed by atoms with Crippen LogP contribution < -0.4 is 4.90 Å². The Morgan fingerprint density at radius 3 is 2.88 bits per heavy atom. The van der Waals surface area contributed by atoms with Gasteiger partial charge in [-0.3, -0.25) is 0 Å². The minimum Gasteiger partial charge on any atom is -0.377 e. The zero-order valence-corrected chi connectivity index (χ0v) is 10.9. The van der Waals surface area contributed by atoms with Crippen molar-refractivity contribution in [3.05, 3.63) is 29.6 Å². The fraction of sp³-hybridized carbons (Fsp3) is 0.538. The van der Waals surface area contributed by atoms with E-state index < -0.39 is 0 Å². The Morgan fingerprint density at radius 2 is 2.24 bits per heavy atom. The summed E-state index contributed by atoms with van der Waals surface area (Å²) in [4.78, 5) is 2.24. The molecule has 0 unspecified atom stereocenters. The molecule has 2 rings (SSSR count). The molecule has 1 aromatic rings. The van der Waals surface area contributed by atoms with Gasteiger partial charge in [0.1, 0.15) is 5.82 Å². The maximum Gasteiger partial charge on any atom is 0.123 e. The van der Waals surface area contributed by atoms with E-state index in [9.17, 15) is 4.39 Å². The molecule has 0 bridgehead atoms. The van der Waals surface area contributed by atoms with Gasteiger partial charge in [0, 0.05) is 18.1 Å². The molecule has 1 aliphatic heterocycles. The summed E-state index contributed by atoms with van der Waals surface area (Å²) in [5, 5.41) is 0. The van der Waals surface area contributed by atoms with Crippen molar-refractivity contribution in [2.75, 3.05) is 24.7 Å². The predicted octanol–water partition coefficient (Wildman–Crippen LogP) is 3.18. The molecule has 1 aliphatic rings. The second-order valence-electron chi connectivity index (χ2n) is 4.92. The van der Waals surface area contributed by atoms with Crippen molar-refractivity contribution < 1.29 is 9.13 Å². The van der Waals surface area contributed by atoms with Gasteiger partial charge in [-0.2, -0.15) is 0 Å². The lowest BCUT2D eigenvalue weighted by Crippen LogP contribution is -2.53. The van der Waals surface area contributed by atoms with E-state index in [1.807, 2.05) is 0 Å². The minimum atomic E-state index is -0.240. The van der Waals surface area contributed by atoms with Gasteiger partial charge in [0.25, 0.3) is 0 Å². The molecule has 1 aromatic carbocycles. The van der Waals surface area contributed by atoms with Crippen molar-refractivity contribution in [1.29, 1.82) is 0 Å². The third kappa shape index (κ3) is 2.55. The molecule has 0 spiro atoms. The van der Waals surface area contributed by atoms with Gasteiger partial charge in [-0.05, 0) is 37.6 Å². The van der Waals surface area contributed by atoms with Crippen LogP contribution in [0.4, 0.5) is 10.1 Å². The second-order valence-corrected chi connectivity index (χ2v) is 5.19. The van der Waals surface area contributed by atoms with Gasteiger partial charge in [-0.15, -0.1) is 11.6 Å². The Morgan fingerprint density at radius 1 is 1.47 bits per heavy atom. The third-order valence-corrected chi connectivity index (χ3v) is 3.41. The Bertz CT molecular complexity index is 408. The smallest absolute Gasteiger partial charge is 0.123 e. The summed E-state index contributed by atoms with van der Waals surface area (Å²) >= 11 is 5.89. The van der Waals surface area contributed by atoms with Gasteiger partial charge in [-0.1, -0.05) is 0 Å². The molecule has 1 saturated heterocycles. The topological polar surface area (TPSA) is 12.5 Å². The number of halogens is 2. The number of hydrogen-bond donors (Lipinski definition) is 0. The maximum atomic E-state index is 13.2. The molecule has 0 amide bonds.